The van der Waals surface area contributed by atoms with Crippen molar-refractivity contribution in [3.63, 3.8) is 0 Å². The van der Waals surface area contributed by atoms with Gasteiger partial charge in [-0.25, -0.2) is 0 Å². The smallest absolute Gasteiger partial charge is 0.246 e. The van der Waals surface area contributed by atoms with Gasteiger partial charge in [0.25, 0.3) is 0 Å². The molecule has 1 amide bonds. The van der Waals surface area contributed by atoms with E-state index in [0.29, 0.717) is 11.6 Å². The van der Waals surface area contributed by atoms with E-state index in [1.54, 1.807) is 17.1 Å². The SMILES string of the molecule is Cc1nn(CC(=O)Nc2cn[nH]c2)cc1C(C)C. The fourth-order valence-electron chi connectivity index (χ4n) is 1.85. The molecule has 0 bridgehead atoms. The minimum absolute atomic E-state index is 0.116. The highest BCUT2D eigenvalue weighted by Crippen LogP contribution is 2.17. The van der Waals surface area contributed by atoms with Crippen LogP contribution in [0, 0.1) is 6.92 Å². The average molecular weight is 247 g/mol. The van der Waals surface area contributed by atoms with Gasteiger partial charge in [-0.3, -0.25) is 14.6 Å². The van der Waals surface area contributed by atoms with Crippen LogP contribution in [0.1, 0.15) is 31.0 Å². The molecule has 0 radical (unpaired) electrons. The van der Waals surface area contributed by atoms with E-state index in [1.807, 2.05) is 13.1 Å². The Morgan fingerprint density at radius 2 is 2.33 bits per heavy atom. The molecule has 2 aromatic heterocycles. The second-order valence-electron chi connectivity index (χ2n) is 4.56. The third kappa shape index (κ3) is 2.77. The van der Waals surface area contributed by atoms with Crippen molar-refractivity contribution in [3.8, 4) is 0 Å². The number of aromatic amines is 1. The number of hydrogen-bond donors (Lipinski definition) is 2. The topological polar surface area (TPSA) is 75.6 Å². The van der Waals surface area contributed by atoms with E-state index in [0.717, 1.165) is 5.69 Å². The van der Waals surface area contributed by atoms with Crippen LogP contribution in [0.5, 0.6) is 0 Å². The third-order valence-corrected chi connectivity index (χ3v) is 2.69. The molecule has 0 saturated heterocycles. The summed E-state index contributed by atoms with van der Waals surface area (Å²) in [7, 11) is 0. The highest BCUT2D eigenvalue weighted by Gasteiger charge is 2.11. The molecule has 0 saturated carbocycles. The maximum atomic E-state index is 11.8. The Bertz CT molecular complexity index is 527. The zero-order valence-electron chi connectivity index (χ0n) is 10.8. The largest absolute Gasteiger partial charge is 0.322 e. The summed E-state index contributed by atoms with van der Waals surface area (Å²) in [5, 5.41) is 13.5. The Morgan fingerprint density at radius 3 is 2.89 bits per heavy atom. The lowest BCUT2D eigenvalue weighted by Crippen LogP contribution is -2.18. The fourth-order valence-corrected chi connectivity index (χ4v) is 1.85. The van der Waals surface area contributed by atoms with Crippen LogP contribution in [0.25, 0.3) is 0 Å². The second-order valence-corrected chi connectivity index (χ2v) is 4.56. The van der Waals surface area contributed by atoms with Crippen LogP contribution in [0.3, 0.4) is 0 Å². The molecule has 18 heavy (non-hydrogen) atoms. The Morgan fingerprint density at radius 1 is 1.56 bits per heavy atom. The Labute approximate surface area is 105 Å². The van der Waals surface area contributed by atoms with E-state index < -0.39 is 0 Å². The number of rotatable bonds is 4. The van der Waals surface area contributed by atoms with Gasteiger partial charge in [0.05, 0.1) is 17.6 Å². The summed E-state index contributed by atoms with van der Waals surface area (Å²) in [6.45, 7) is 6.39. The normalized spacial score (nSPS) is 10.9. The number of H-pyrrole nitrogens is 1. The van der Waals surface area contributed by atoms with E-state index in [4.69, 9.17) is 0 Å². The predicted octanol–water partition coefficient (Wildman–Crippen LogP) is 1.68. The number of carbonyl (C=O) groups is 1. The number of hydrogen-bond acceptors (Lipinski definition) is 3. The van der Waals surface area contributed by atoms with Crippen molar-refractivity contribution in [2.24, 2.45) is 0 Å². The first kappa shape index (κ1) is 12.3. The standard InChI is InChI=1S/C12H17N5O/c1-8(2)11-6-17(16-9(11)3)7-12(18)15-10-4-13-14-5-10/h4-6,8H,7H2,1-3H3,(H,13,14)(H,15,18). The van der Waals surface area contributed by atoms with E-state index in [2.05, 4.69) is 34.5 Å². The van der Waals surface area contributed by atoms with Crippen molar-refractivity contribution in [3.05, 3.63) is 29.8 Å². The summed E-state index contributed by atoms with van der Waals surface area (Å²) in [5.74, 6) is 0.296. The number of aromatic nitrogens is 4. The van der Waals surface area contributed by atoms with E-state index in [-0.39, 0.29) is 12.5 Å². The van der Waals surface area contributed by atoms with Gasteiger partial charge in [-0.15, -0.1) is 0 Å². The van der Waals surface area contributed by atoms with Gasteiger partial charge in [-0.2, -0.15) is 10.2 Å². The number of amides is 1. The van der Waals surface area contributed by atoms with Crippen molar-refractivity contribution in [1.82, 2.24) is 20.0 Å². The first-order valence-corrected chi connectivity index (χ1v) is 5.89. The minimum Gasteiger partial charge on any atom is -0.322 e. The lowest BCUT2D eigenvalue weighted by molar-refractivity contribution is -0.116. The molecule has 6 nitrogen and oxygen atoms in total. The molecule has 2 N–H and O–H groups in total. The lowest BCUT2D eigenvalue weighted by atomic mass is 10.1. The van der Waals surface area contributed by atoms with Crippen LogP contribution in [-0.2, 0) is 11.3 Å². The molecule has 0 aliphatic heterocycles. The van der Waals surface area contributed by atoms with Crippen molar-refractivity contribution >= 4 is 11.6 Å². The molecular formula is C12H17N5O. The average Bonchev–Trinajstić information content (AvgIpc) is 2.88. The van der Waals surface area contributed by atoms with E-state index in [1.165, 1.54) is 5.56 Å². The highest BCUT2D eigenvalue weighted by atomic mass is 16.2. The van der Waals surface area contributed by atoms with Gasteiger partial charge in [-0.05, 0) is 18.4 Å². The summed E-state index contributed by atoms with van der Waals surface area (Å²) >= 11 is 0. The number of anilines is 1. The Hall–Kier alpha value is -2.11. The molecule has 0 atom stereocenters. The van der Waals surface area contributed by atoms with Crippen molar-refractivity contribution < 1.29 is 4.79 Å². The molecular weight excluding hydrogens is 230 g/mol. The number of aryl methyl sites for hydroxylation is 1. The Balaban J connectivity index is 2.01. The van der Waals surface area contributed by atoms with Gasteiger partial charge in [0.2, 0.25) is 5.91 Å². The van der Waals surface area contributed by atoms with Crippen LogP contribution >= 0.6 is 0 Å². The first-order chi connectivity index (χ1) is 8.56. The molecule has 0 aliphatic rings. The van der Waals surface area contributed by atoms with Crippen molar-refractivity contribution in [1.29, 1.82) is 0 Å². The van der Waals surface area contributed by atoms with Gasteiger partial charge in [0.15, 0.2) is 0 Å². The fraction of sp³-hybridized carbons (Fsp3) is 0.417. The first-order valence-electron chi connectivity index (χ1n) is 5.89. The summed E-state index contributed by atoms with van der Waals surface area (Å²) < 4.78 is 1.67. The second kappa shape index (κ2) is 5.03. The monoisotopic (exact) mass is 247 g/mol. The molecule has 96 valence electrons. The summed E-state index contributed by atoms with van der Waals surface area (Å²) in [6, 6.07) is 0. The van der Waals surface area contributed by atoms with Crippen LogP contribution in [0.2, 0.25) is 0 Å². The van der Waals surface area contributed by atoms with Crippen LogP contribution in [-0.4, -0.2) is 25.9 Å². The maximum Gasteiger partial charge on any atom is 0.246 e. The summed E-state index contributed by atoms with van der Waals surface area (Å²) in [4.78, 5) is 11.8. The van der Waals surface area contributed by atoms with Crippen molar-refractivity contribution in [2.75, 3.05) is 5.32 Å². The van der Waals surface area contributed by atoms with Crippen LogP contribution in [0.15, 0.2) is 18.6 Å². The number of nitrogens with one attached hydrogen (secondary N) is 2. The molecule has 0 spiro atoms. The van der Waals surface area contributed by atoms with E-state index >= 15 is 0 Å². The van der Waals surface area contributed by atoms with Gasteiger partial charge in [0, 0.05) is 12.4 Å². The predicted molar refractivity (Wildman–Crippen MR) is 68.3 cm³/mol. The third-order valence-electron chi connectivity index (χ3n) is 2.69. The minimum atomic E-state index is -0.116. The number of carbonyl (C=O) groups excluding carboxylic acids is 1. The summed E-state index contributed by atoms with van der Waals surface area (Å²) in [5.41, 5.74) is 2.81. The van der Waals surface area contributed by atoms with Crippen LogP contribution in [0.4, 0.5) is 5.69 Å². The van der Waals surface area contributed by atoms with Crippen LogP contribution < -0.4 is 5.32 Å². The molecule has 0 fully saturated rings. The van der Waals surface area contributed by atoms with Crippen molar-refractivity contribution in [2.45, 2.75) is 33.2 Å². The maximum absolute atomic E-state index is 11.8. The van der Waals surface area contributed by atoms with E-state index in [9.17, 15) is 4.79 Å². The molecule has 0 unspecified atom stereocenters. The van der Waals surface area contributed by atoms with Gasteiger partial charge < -0.3 is 5.32 Å². The molecule has 0 aromatic carbocycles. The van der Waals surface area contributed by atoms with Gasteiger partial charge in [-0.1, -0.05) is 13.8 Å². The zero-order valence-corrected chi connectivity index (χ0v) is 10.8. The number of nitrogens with zero attached hydrogens (tertiary/aromatic N) is 3. The van der Waals surface area contributed by atoms with Gasteiger partial charge in [0.1, 0.15) is 6.54 Å². The van der Waals surface area contributed by atoms with Gasteiger partial charge >= 0.3 is 0 Å². The molecule has 0 aliphatic carbocycles. The quantitative estimate of drug-likeness (QED) is 0.863. The molecule has 2 aromatic rings. The molecule has 2 heterocycles. The summed E-state index contributed by atoms with van der Waals surface area (Å²) in [6.07, 6.45) is 5.12. The highest BCUT2D eigenvalue weighted by molar-refractivity contribution is 5.90. The Kier molecular flexibility index (Phi) is 3.45. The molecule has 2 rings (SSSR count). The zero-order chi connectivity index (χ0) is 13.1. The molecule has 6 heteroatoms. The lowest BCUT2D eigenvalue weighted by Gasteiger charge is -2.02.